The number of unbranched alkanes of at least 4 members (excludes halogenated alkanes) is 1. The molecule has 0 bridgehead atoms. The summed E-state index contributed by atoms with van der Waals surface area (Å²) in [5.74, 6) is 0. The van der Waals surface area contributed by atoms with Crippen LogP contribution < -0.4 is 0 Å². The standard InChI is InChI=1S/C6H11BrO2.Zn/c1-2-3-4-9-6(7)5-8;/h5-6H,2-4H2,1H3;. The molecule has 10 heavy (non-hydrogen) atoms. The Morgan fingerprint density at radius 1 is 1.70 bits per heavy atom. The minimum Gasteiger partial charge on any atom is -0.359 e. The summed E-state index contributed by atoms with van der Waals surface area (Å²) in [7, 11) is 0. The number of hydrogen-bond donors (Lipinski definition) is 0. The Bertz CT molecular complexity index is 80.1. The second-order valence-electron chi connectivity index (χ2n) is 1.71. The van der Waals surface area contributed by atoms with Gasteiger partial charge in [-0.1, -0.05) is 13.3 Å². The summed E-state index contributed by atoms with van der Waals surface area (Å²) in [6, 6.07) is 0. The van der Waals surface area contributed by atoms with Crippen LogP contribution in [0.4, 0.5) is 0 Å². The van der Waals surface area contributed by atoms with Crippen molar-refractivity contribution < 1.29 is 29.0 Å². The molecule has 1 atom stereocenters. The van der Waals surface area contributed by atoms with Crippen LogP contribution in [0, 0.1) is 0 Å². The van der Waals surface area contributed by atoms with Gasteiger partial charge in [0.25, 0.3) is 0 Å². The molecule has 0 radical (unpaired) electrons. The van der Waals surface area contributed by atoms with E-state index >= 15 is 0 Å². The molecule has 0 N–H and O–H groups in total. The second-order valence-corrected chi connectivity index (χ2v) is 2.61. The first-order valence-electron chi connectivity index (χ1n) is 3.02. The molecule has 0 aliphatic carbocycles. The Hall–Kier alpha value is 0.733. The SMILES string of the molecule is CCCCOC(Br)C=O.[Zn]. The van der Waals surface area contributed by atoms with Gasteiger partial charge in [0.2, 0.25) is 0 Å². The Kier molecular flexibility index (Phi) is 13.0. The average molecular weight is 260 g/mol. The van der Waals surface area contributed by atoms with E-state index in [1.807, 2.05) is 0 Å². The third kappa shape index (κ3) is 8.73. The Labute approximate surface area is 82.6 Å². The molecular weight excluding hydrogens is 249 g/mol. The van der Waals surface area contributed by atoms with E-state index < -0.39 is 5.01 Å². The summed E-state index contributed by atoms with van der Waals surface area (Å²) < 4.78 is 4.98. The number of alkyl halides is 1. The van der Waals surface area contributed by atoms with Gasteiger partial charge in [-0.2, -0.15) is 0 Å². The van der Waals surface area contributed by atoms with Crippen LogP contribution in [-0.4, -0.2) is 17.9 Å². The molecule has 0 spiro atoms. The van der Waals surface area contributed by atoms with Crippen LogP contribution in [0.5, 0.6) is 0 Å². The fourth-order valence-electron chi connectivity index (χ4n) is 0.380. The molecule has 0 aliphatic heterocycles. The molecule has 0 amide bonds. The van der Waals surface area contributed by atoms with Gasteiger partial charge in [0.15, 0.2) is 11.3 Å². The molecule has 0 saturated heterocycles. The molecule has 0 aromatic rings. The zero-order chi connectivity index (χ0) is 7.11. The molecule has 0 fully saturated rings. The van der Waals surface area contributed by atoms with Crippen molar-refractivity contribution in [2.75, 3.05) is 6.61 Å². The molecule has 2 nitrogen and oxygen atoms in total. The van der Waals surface area contributed by atoms with Crippen LogP contribution in [0.2, 0.25) is 0 Å². The van der Waals surface area contributed by atoms with Gasteiger partial charge in [-0.15, -0.1) is 0 Å². The zero-order valence-corrected chi connectivity index (χ0v) is 10.7. The van der Waals surface area contributed by atoms with E-state index in [1.165, 1.54) is 0 Å². The van der Waals surface area contributed by atoms with Crippen LogP contribution in [0.25, 0.3) is 0 Å². The average Bonchev–Trinajstić information content (AvgIpc) is 1.89. The number of hydrogen-bond acceptors (Lipinski definition) is 2. The second kappa shape index (κ2) is 9.73. The predicted molar refractivity (Wildman–Crippen MR) is 39.6 cm³/mol. The minimum absolute atomic E-state index is 0. The maximum atomic E-state index is 9.93. The van der Waals surface area contributed by atoms with Gasteiger partial charge < -0.3 is 4.74 Å². The van der Waals surface area contributed by atoms with Gasteiger partial charge in [-0.3, -0.25) is 4.79 Å². The van der Waals surface area contributed by atoms with Crippen molar-refractivity contribution in [3.05, 3.63) is 0 Å². The fourth-order valence-corrected chi connectivity index (χ4v) is 0.566. The minimum atomic E-state index is -0.413. The third-order valence-corrected chi connectivity index (χ3v) is 1.36. The Morgan fingerprint density at radius 3 is 2.70 bits per heavy atom. The van der Waals surface area contributed by atoms with Crippen LogP contribution in [0.3, 0.4) is 0 Å². The molecule has 0 saturated carbocycles. The van der Waals surface area contributed by atoms with Gasteiger partial charge >= 0.3 is 0 Å². The van der Waals surface area contributed by atoms with E-state index in [2.05, 4.69) is 22.9 Å². The first kappa shape index (κ1) is 13.3. The summed E-state index contributed by atoms with van der Waals surface area (Å²) in [6.07, 6.45) is 2.84. The monoisotopic (exact) mass is 258 g/mol. The predicted octanol–water partition coefficient (Wildman–Crippen LogP) is 1.72. The summed E-state index contributed by atoms with van der Waals surface area (Å²) in [5, 5.41) is -0.413. The van der Waals surface area contributed by atoms with Gasteiger partial charge in [0, 0.05) is 26.1 Å². The molecule has 4 heteroatoms. The van der Waals surface area contributed by atoms with Crippen LogP contribution in [0.15, 0.2) is 0 Å². The van der Waals surface area contributed by atoms with E-state index in [4.69, 9.17) is 4.74 Å². The summed E-state index contributed by atoms with van der Waals surface area (Å²) in [4.78, 5) is 9.93. The normalized spacial score (nSPS) is 11.8. The molecule has 1 unspecified atom stereocenters. The fraction of sp³-hybridized carbons (Fsp3) is 0.833. The van der Waals surface area contributed by atoms with Gasteiger partial charge in [-0.05, 0) is 22.4 Å². The van der Waals surface area contributed by atoms with Crippen molar-refractivity contribution in [3.63, 3.8) is 0 Å². The first-order chi connectivity index (χ1) is 4.31. The quantitative estimate of drug-likeness (QED) is 0.326. The topological polar surface area (TPSA) is 26.3 Å². The van der Waals surface area contributed by atoms with E-state index in [-0.39, 0.29) is 19.5 Å². The number of carbonyl (C=O) groups excluding carboxylic acids is 1. The molecule has 56 valence electrons. The number of halogens is 1. The van der Waals surface area contributed by atoms with E-state index in [1.54, 1.807) is 0 Å². The van der Waals surface area contributed by atoms with Crippen molar-refractivity contribution in [3.8, 4) is 0 Å². The Morgan fingerprint density at radius 2 is 2.30 bits per heavy atom. The van der Waals surface area contributed by atoms with Gasteiger partial charge in [0.05, 0.1) is 0 Å². The largest absolute Gasteiger partial charge is 0.359 e. The molecule has 0 aliphatic rings. The molecule has 0 aromatic heterocycles. The van der Waals surface area contributed by atoms with Crippen molar-refractivity contribution in [2.45, 2.75) is 24.8 Å². The van der Waals surface area contributed by atoms with Crippen molar-refractivity contribution >= 4 is 22.2 Å². The van der Waals surface area contributed by atoms with Crippen LogP contribution in [-0.2, 0) is 29.0 Å². The van der Waals surface area contributed by atoms with Gasteiger partial charge in [0.1, 0.15) is 0 Å². The van der Waals surface area contributed by atoms with Crippen molar-refractivity contribution in [2.24, 2.45) is 0 Å². The molecule has 0 aromatic carbocycles. The number of ether oxygens (including phenoxy) is 1. The third-order valence-electron chi connectivity index (χ3n) is 0.882. The van der Waals surface area contributed by atoms with Crippen molar-refractivity contribution in [1.82, 2.24) is 0 Å². The van der Waals surface area contributed by atoms with Gasteiger partial charge in [-0.25, -0.2) is 0 Å². The summed E-state index contributed by atoms with van der Waals surface area (Å²) in [6.45, 7) is 2.73. The number of rotatable bonds is 5. The molecular formula is C6H11BrO2Zn. The van der Waals surface area contributed by atoms with Crippen LogP contribution >= 0.6 is 15.9 Å². The zero-order valence-electron chi connectivity index (χ0n) is 6.18. The Balaban J connectivity index is 0. The molecule has 0 heterocycles. The van der Waals surface area contributed by atoms with E-state index in [9.17, 15) is 4.79 Å². The van der Waals surface area contributed by atoms with E-state index in [0.717, 1.165) is 19.1 Å². The summed E-state index contributed by atoms with van der Waals surface area (Å²) >= 11 is 3.02. The van der Waals surface area contributed by atoms with Crippen molar-refractivity contribution in [1.29, 1.82) is 0 Å². The first-order valence-corrected chi connectivity index (χ1v) is 3.93. The summed E-state index contributed by atoms with van der Waals surface area (Å²) in [5.41, 5.74) is 0. The maximum absolute atomic E-state index is 9.93. The molecule has 0 rings (SSSR count). The van der Waals surface area contributed by atoms with E-state index in [0.29, 0.717) is 6.61 Å². The van der Waals surface area contributed by atoms with Crippen LogP contribution in [0.1, 0.15) is 19.8 Å². The smallest absolute Gasteiger partial charge is 0.167 e. The number of carbonyl (C=O) groups is 1. The number of aldehydes is 1. The maximum Gasteiger partial charge on any atom is 0.167 e.